The van der Waals surface area contributed by atoms with Crippen molar-refractivity contribution >= 4 is 11.8 Å². The van der Waals surface area contributed by atoms with Crippen LogP contribution in [0.15, 0.2) is 12.1 Å². The average Bonchev–Trinajstić information content (AvgIpc) is 2.73. The Labute approximate surface area is 206 Å². The summed E-state index contributed by atoms with van der Waals surface area (Å²) in [6.45, 7) is 2.80. The SMILES string of the molecule is Cc1cc(CSCCC(F)(F)C(F)(F)C(F)(F)C(F)(F)C(F)(F)C(F)(F)C(F)(F)C(F)(F)F)cc(C)c1O. The highest BCUT2D eigenvalue weighted by atomic mass is 32.2. The first-order valence-corrected chi connectivity index (χ1v) is 10.8. The van der Waals surface area contributed by atoms with Crippen LogP contribution in [0.25, 0.3) is 0 Å². The van der Waals surface area contributed by atoms with Crippen LogP contribution in [0.1, 0.15) is 23.1 Å². The van der Waals surface area contributed by atoms with E-state index in [1.54, 1.807) is 0 Å². The minimum atomic E-state index is -8.62. The third-order valence-corrected chi connectivity index (χ3v) is 6.20. The lowest BCUT2D eigenvalue weighted by atomic mass is 9.88. The number of aromatic hydroxyl groups is 1. The van der Waals surface area contributed by atoms with E-state index >= 15 is 0 Å². The van der Waals surface area contributed by atoms with E-state index in [4.69, 9.17) is 0 Å². The fourth-order valence-electron chi connectivity index (χ4n) is 2.87. The Balaban J connectivity index is 3.24. The summed E-state index contributed by atoms with van der Waals surface area (Å²) in [5.74, 6) is -57.9. The molecule has 1 nitrogen and oxygen atoms in total. The van der Waals surface area contributed by atoms with Crippen LogP contribution in [0.4, 0.5) is 74.6 Å². The van der Waals surface area contributed by atoms with E-state index in [1.165, 1.54) is 26.0 Å². The number of benzene rings is 1. The first-order valence-electron chi connectivity index (χ1n) is 9.63. The van der Waals surface area contributed by atoms with E-state index in [1.807, 2.05) is 0 Å². The van der Waals surface area contributed by atoms with Gasteiger partial charge in [0.2, 0.25) is 0 Å². The van der Waals surface area contributed by atoms with Crippen molar-refractivity contribution in [2.45, 2.75) is 73.7 Å². The lowest BCUT2D eigenvalue weighted by Crippen LogP contribution is -2.74. The van der Waals surface area contributed by atoms with E-state index in [0.717, 1.165) is 0 Å². The van der Waals surface area contributed by atoms with Crippen molar-refractivity contribution in [1.82, 2.24) is 0 Å². The number of phenols is 1. The molecule has 0 fully saturated rings. The zero-order valence-corrected chi connectivity index (χ0v) is 19.4. The summed E-state index contributed by atoms with van der Waals surface area (Å²) in [6, 6.07) is 2.57. The van der Waals surface area contributed by atoms with Gasteiger partial charge in [0.05, 0.1) is 0 Å². The fourth-order valence-corrected chi connectivity index (χ4v) is 3.82. The minimum Gasteiger partial charge on any atom is -0.507 e. The van der Waals surface area contributed by atoms with Gasteiger partial charge < -0.3 is 5.11 Å². The molecular formula is C19H15F17OS. The van der Waals surface area contributed by atoms with Crippen molar-refractivity contribution < 1.29 is 79.7 Å². The van der Waals surface area contributed by atoms with Crippen molar-refractivity contribution in [2.75, 3.05) is 5.75 Å². The van der Waals surface area contributed by atoms with Crippen molar-refractivity contribution in [1.29, 1.82) is 0 Å². The first kappa shape index (κ1) is 34.2. The van der Waals surface area contributed by atoms with Crippen molar-refractivity contribution in [3.63, 3.8) is 0 Å². The van der Waals surface area contributed by atoms with E-state index in [-0.39, 0.29) is 40.0 Å². The van der Waals surface area contributed by atoms with Gasteiger partial charge in [-0.15, -0.1) is 0 Å². The zero-order valence-electron chi connectivity index (χ0n) is 18.6. The van der Waals surface area contributed by atoms with Crippen molar-refractivity contribution in [2.24, 2.45) is 0 Å². The molecule has 222 valence electrons. The quantitative estimate of drug-likeness (QED) is 0.199. The predicted molar refractivity (Wildman–Crippen MR) is 99.0 cm³/mol. The molecule has 0 unspecified atom stereocenters. The monoisotopic (exact) mass is 614 g/mol. The highest BCUT2D eigenvalue weighted by molar-refractivity contribution is 7.98. The average molecular weight is 614 g/mol. The smallest absolute Gasteiger partial charge is 0.460 e. The molecule has 1 aromatic carbocycles. The lowest BCUT2D eigenvalue weighted by molar-refractivity contribution is -0.461. The van der Waals surface area contributed by atoms with Crippen LogP contribution in [-0.4, -0.2) is 58.5 Å². The molecule has 0 aromatic heterocycles. The Kier molecular flexibility index (Phi) is 8.98. The third-order valence-electron chi connectivity index (χ3n) is 5.17. The molecule has 0 bridgehead atoms. The molecule has 1 aromatic rings. The first-order chi connectivity index (χ1) is 16.5. The van der Waals surface area contributed by atoms with Crippen LogP contribution in [0.5, 0.6) is 5.75 Å². The van der Waals surface area contributed by atoms with Crippen molar-refractivity contribution in [3.05, 3.63) is 28.8 Å². The lowest BCUT2D eigenvalue weighted by Gasteiger charge is -2.42. The maximum absolute atomic E-state index is 13.9. The molecule has 19 heteroatoms. The molecule has 0 atom stereocenters. The molecule has 0 amide bonds. The highest BCUT2D eigenvalue weighted by Crippen LogP contribution is 2.64. The molecule has 0 saturated carbocycles. The minimum absolute atomic E-state index is 0.163. The molecule has 0 aliphatic carbocycles. The Hall–Kier alpha value is -1.82. The molecular weight excluding hydrogens is 599 g/mol. The number of halogens is 17. The van der Waals surface area contributed by atoms with Crippen LogP contribution in [-0.2, 0) is 5.75 Å². The fraction of sp³-hybridized carbons (Fsp3) is 0.684. The zero-order chi connectivity index (χ0) is 30.6. The van der Waals surface area contributed by atoms with Gasteiger partial charge in [0.15, 0.2) is 0 Å². The van der Waals surface area contributed by atoms with Crippen LogP contribution in [0.2, 0.25) is 0 Å². The highest BCUT2D eigenvalue weighted by Gasteiger charge is 2.95. The summed E-state index contributed by atoms with van der Waals surface area (Å²) >= 11 is 0.287. The summed E-state index contributed by atoms with van der Waals surface area (Å²) in [5.41, 5.74) is 0.809. The second-order valence-corrected chi connectivity index (χ2v) is 9.13. The molecule has 0 aliphatic heterocycles. The van der Waals surface area contributed by atoms with Crippen LogP contribution in [0.3, 0.4) is 0 Å². The van der Waals surface area contributed by atoms with Gasteiger partial charge in [-0.3, -0.25) is 0 Å². The second-order valence-electron chi connectivity index (χ2n) is 8.03. The summed E-state index contributed by atoms with van der Waals surface area (Å²) < 4.78 is 225. The van der Waals surface area contributed by atoms with Crippen molar-refractivity contribution in [3.8, 4) is 5.75 Å². The number of phenolic OH excluding ortho intramolecular Hbond substituents is 1. The predicted octanol–water partition coefficient (Wildman–Crippen LogP) is 8.64. The van der Waals surface area contributed by atoms with Gasteiger partial charge in [0, 0.05) is 12.2 Å². The number of rotatable bonds is 11. The molecule has 0 saturated heterocycles. The molecule has 0 aliphatic rings. The molecule has 1 N–H and O–H groups in total. The molecule has 1 rings (SSSR count). The Morgan fingerprint density at radius 1 is 0.579 bits per heavy atom. The summed E-state index contributed by atoms with van der Waals surface area (Å²) in [7, 11) is 0. The molecule has 38 heavy (non-hydrogen) atoms. The van der Waals surface area contributed by atoms with E-state index < -0.39 is 59.8 Å². The summed E-state index contributed by atoms with van der Waals surface area (Å²) in [4.78, 5) is 0. The van der Waals surface area contributed by atoms with Crippen LogP contribution in [0, 0.1) is 13.8 Å². The number of aryl methyl sites for hydroxylation is 2. The number of hydrogen-bond donors (Lipinski definition) is 1. The number of hydrogen-bond acceptors (Lipinski definition) is 2. The summed E-state index contributed by atoms with van der Waals surface area (Å²) in [5, 5.41) is 9.61. The van der Waals surface area contributed by atoms with Crippen LogP contribution >= 0.6 is 11.8 Å². The molecule has 0 spiro atoms. The largest absolute Gasteiger partial charge is 0.507 e. The second kappa shape index (κ2) is 9.98. The Morgan fingerprint density at radius 2 is 0.921 bits per heavy atom. The third kappa shape index (κ3) is 5.19. The Morgan fingerprint density at radius 3 is 1.29 bits per heavy atom. The van der Waals surface area contributed by atoms with E-state index in [0.29, 0.717) is 0 Å². The van der Waals surface area contributed by atoms with Gasteiger partial charge in [-0.1, -0.05) is 12.1 Å². The maximum Gasteiger partial charge on any atom is 0.460 e. The Bertz CT molecular complexity index is 976. The summed E-state index contributed by atoms with van der Waals surface area (Å²) in [6.07, 6.45) is -10.3. The molecule has 0 radical (unpaired) electrons. The van der Waals surface area contributed by atoms with Gasteiger partial charge in [0.1, 0.15) is 5.75 Å². The van der Waals surface area contributed by atoms with Gasteiger partial charge in [-0.2, -0.15) is 86.4 Å². The number of alkyl halides is 17. The van der Waals surface area contributed by atoms with E-state index in [2.05, 4.69) is 0 Å². The van der Waals surface area contributed by atoms with Gasteiger partial charge in [-0.25, -0.2) is 0 Å². The van der Waals surface area contributed by atoms with Gasteiger partial charge in [0.25, 0.3) is 0 Å². The van der Waals surface area contributed by atoms with E-state index in [9.17, 15) is 79.7 Å². The standard InChI is InChI=1S/C19H15F17OS/c1-8-5-10(6-9(2)11(8)37)7-38-4-3-12(20,21)13(22,23)14(24,25)15(26,27)16(28,29)17(30,31)18(32,33)19(34,35)36/h5-6,37H,3-4,7H2,1-2H3. The van der Waals surface area contributed by atoms with Gasteiger partial charge >= 0.3 is 47.6 Å². The number of thioether (sulfide) groups is 1. The van der Waals surface area contributed by atoms with Crippen LogP contribution < -0.4 is 0 Å². The maximum atomic E-state index is 13.9. The molecule has 0 heterocycles. The normalized spacial score (nSPS) is 15.2. The van der Waals surface area contributed by atoms with Gasteiger partial charge in [-0.05, 0) is 36.3 Å². The topological polar surface area (TPSA) is 20.2 Å².